The van der Waals surface area contributed by atoms with Gasteiger partial charge in [-0.05, 0) is 19.1 Å². The predicted molar refractivity (Wildman–Crippen MR) is 46.6 cm³/mol. The van der Waals surface area contributed by atoms with E-state index in [1.54, 1.807) is 6.92 Å². The third-order valence-corrected chi connectivity index (χ3v) is 1.38. The Kier molecular flexibility index (Phi) is 4.96. The van der Waals surface area contributed by atoms with Gasteiger partial charge in [-0.1, -0.05) is 0 Å². The maximum atomic E-state index is 10.3. The van der Waals surface area contributed by atoms with Crippen LogP contribution in [0, 0.1) is 17.0 Å². The Bertz CT molecular complexity index is 301. The topological polar surface area (TPSA) is 63.4 Å². The molecule has 12 heavy (non-hydrogen) atoms. The molecule has 1 N–H and O–H groups in total. The minimum absolute atomic E-state index is 0. The van der Waals surface area contributed by atoms with Crippen LogP contribution in [0.25, 0.3) is 0 Å². The van der Waals surface area contributed by atoms with Crippen LogP contribution in [0.15, 0.2) is 18.2 Å². The van der Waals surface area contributed by atoms with Crippen LogP contribution in [0.5, 0.6) is 5.75 Å². The Morgan fingerprint density at radius 3 is 2.50 bits per heavy atom. The van der Waals surface area contributed by atoms with Crippen molar-refractivity contribution in [1.82, 2.24) is 0 Å². The van der Waals surface area contributed by atoms with E-state index in [9.17, 15) is 10.1 Å². The second-order valence-corrected chi connectivity index (χ2v) is 2.23. The fraction of sp³-hybridized carbons (Fsp3) is 0.143. The third kappa shape index (κ3) is 2.84. The number of hydrogen-bond donors (Lipinski definition) is 1. The van der Waals surface area contributed by atoms with Gasteiger partial charge in [0, 0.05) is 11.6 Å². The number of benzene rings is 1. The Labute approximate surface area is 112 Å². The number of nitrogens with zero attached hydrogens (tertiary/aromatic N) is 1. The second kappa shape index (κ2) is 4.93. The van der Waals surface area contributed by atoms with Crippen LogP contribution in [-0.2, 0) is 0 Å². The molecule has 0 spiro atoms. The molecule has 0 amide bonds. The van der Waals surface area contributed by atoms with Crippen LogP contribution in [-0.4, -0.2) is 61.4 Å². The molecule has 0 atom stereocenters. The first kappa shape index (κ1) is 12.1. The molecule has 0 saturated heterocycles. The van der Waals surface area contributed by atoms with E-state index >= 15 is 0 Å². The molecule has 1 rings (SSSR count). The second-order valence-electron chi connectivity index (χ2n) is 2.23. The Morgan fingerprint density at radius 1 is 1.50 bits per heavy atom. The average Bonchev–Trinajstić information content (AvgIpc) is 1.85. The first-order valence-corrected chi connectivity index (χ1v) is 3.05. The van der Waals surface area contributed by atoms with Crippen LogP contribution in [0.2, 0.25) is 0 Å². The van der Waals surface area contributed by atoms with Gasteiger partial charge in [0.2, 0.25) is 0 Å². The monoisotopic (exact) mass is 193 g/mol. The van der Waals surface area contributed by atoms with Crippen LogP contribution in [0.1, 0.15) is 5.56 Å². The van der Waals surface area contributed by atoms with Gasteiger partial charge in [0.15, 0.2) is 0 Å². The standard InChI is InChI=1S/C7H7NO3.K.H/c1-5-4-6(9)2-3-7(5)8(10)11;;/h2-4,9H,1H3;;. The summed E-state index contributed by atoms with van der Waals surface area (Å²) in [5, 5.41) is 19.2. The van der Waals surface area contributed by atoms with Crippen molar-refractivity contribution < 1.29 is 10.0 Å². The molecule has 0 saturated carbocycles. The van der Waals surface area contributed by atoms with Crippen molar-refractivity contribution in [2.45, 2.75) is 6.92 Å². The number of nitro groups is 1. The normalized spacial score (nSPS) is 8.75. The summed E-state index contributed by atoms with van der Waals surface area (Å²) in [6, 6.07) is 3.94. The number of phenols is 1. The molecular weight excluding hydrogens is 185 g/mol. The molecule has 0 aliphatic rings. The fourth-order valence-corrected chi connectivity index (χ4v) is 0.844. The number of aryl methyl sites for hydroxylation is 1. The molecule has 0 fully saturated rings. The summed E-state index contributed by atoms with van der Waals surface area (Å²) in [6.07, 6.45) is 0. The molecule has 5 heteroatoms. The SMILES string of the molecule is Cc1cc(O)ccc1[N+](=O)[O-].[KH]. The minimum atomic E-state index is -0.477. The van der Waals surface area contributed by atoms with Crippen molar-refractivity contribution in [2.75, 3.05) is 0 Å². The molecule has 0 radical (unpaired) electrons. The molecular formula is C7H8KNO3. The van der Waals surface area contributed by atoms with Crippen LogP contribution < -0.4 is 0 Å². The van der Waals surface area contributed by atoms with E-state index in [4.69, 9.17) is 5.11 Å². The molecule has 1 aromatic rings. The maximum absolute atomic E-state index is 10.3. The van der Waals surface area contributed by atoms with E-state index in [2.05, 4.69) is 0 Å². The Morgan fingerprint density at radius 2 is 2.08 bits per heavy atom. The predicted octanol–water partition coefficient (Wildman–Crippen LogP) is 0.960. The summed E-state index contributed by atoms with van der Waals surface area (Å²) in [7, 11) is 0. The number of nitro benzene ring substituents is 1. The van der Waals surface area contributed by atoms with Gasteiger partial charge in [-0.25, -0.2) is 0 Å². The van der Waals surface area contributed by atoms with E-state index in [1.807, 2.05) is 0 Å². The first-order valence-electron chi connectivity index (χ1n) is 3.05. The van der Waals surface area contributed by atoms with Gasteiger partial charge in [0.05, 0.1) is 4.92 Å². The molecule has 0 unspecified atom stereocenters. The van der Waals surface area contributed by atoms with E-state index in [-0.39, 0.29) is 62.8 Å². The van der Waals surface area contributed by atoms with Crippen molar-refractivity contribution in [3.8, 4) is 5.75 Å². The Hall–Kier alpha value is 0.0564. The number of hydrogen-bond acceptors (Lipinski definition) is 3. The van der Waals surface area contributed by atoms with Gasteiger partial charge in [0.1, 0.15) is 5.75 Å². The first-order chi connectivity index (χ1) is 5.11. The summed E-state index contributed by atoms with van der Waals surface area (Å²) >= 11 is 0. The molecule has 0 bridgehead atoms. The molecule has 4 nitrogen and oxygen atoms in total. The van der Waals surface area contributed by atoms with E-state index in [1.165, 1.54) is 18.2 Å². The van der Waals surface area contributed by atoms with Crippen molar-refractivity contribution >= 4 is 57.1 Å². The van der Waals surface area contributed by atoms with Gasteiger partial charge >= 0.3 is 51.4 Å². The van der Waals surface area contributed by atoms with E-state index in [0.717, 1.165) is 0 Å². The molecule has 1 aromatic carbocycles. The summed E-state index contributed by atoms with van der Waals surface area (Å²) in [4.78, 5) is 9.78. The quantitative estimate of drug-likeness (QED) is 0.410. The van der Waals surface area contributed by atoms with Gasteiger partial charge in [0.25, 0.3) is 5.69 Å². The zero-order valence-electron chi connectivity index (χ0n) is 5.94. The summed E-state index contributed by atoms with van der Waals surface area (Å²) in [5.41, 5.74) is 0.498. The summed E-state index contributed by atoms with van der Waals surface area (Å²) in [6.45, 7) is 1.58. The number of aromatic hydroxyl groups is 1. The summed E-state index contributed by atoms with van der Waals surface area (Å²) < 4.78 is 0. The van der Waals surface area contributed by atoms with E-state index < -0.39 is 4.92 Å². The number of phenolic OH excluding ortho intramolecular Hbond substituents is 1. The van der Waals surface area contributed by atoms with Crippen LogP contribution in [0.4, 0.5) is 5.69 Å². The molecule has 0 aromatic heterocycles. The van der Waals surface area contributed by atoms with Crippen molar-refractivity contribution in [3.63, 3.8) is 0 Å². The van der Waals surface area contributed by atoms with Crippen molar-refractivity contribution in [1.29, 1.82) is 0 Å². The molecule has 0 heterocycles. The van der Waals surface area contributed by atoms with Crippen molar-refractivity contribution in [3.05, 3.63) is 33.9 Å². The number of rotatable bonds is 1. The molecule has 0 aliphatic carbocycles. The van der Waals surface area contributed by atoms with Crippen LogP contribution >= 0.6 is 0 Å². The zero-order valence-corrected chi connectivity index (χ0v) is 5.94. The van der Waals surface area contributed by atoms with Gasteiger partial charge in [-0.15, -0.1) is 0 Å². The van der Waals surface area contributed by atoms with Gasteiger partial charge in [-0.2, -0.15) is 0 Å². The van der Waals surface area contributed by atoms with E-state index in [0.29, 0.717) is 5.56 Å². The zero-order chi connectivity index (χ0) is 8.43. The summed E-state index contributed by atoms with van der Waals surface area (Å²) in [5.74, 6) is 0.0492. The van der Waals surface area contributed by atoms with Crippen LogP contribution in [0.3, 0.4) is 0 Å². The van der Waals surface area contributed by atoms with Gasteiger partial charge < -0.3 is 5.11 Å². The van der Waals surface area contributed by atoms with Gasteiger partial charge in [-0.3, -0.25) is 10.1 Å². The molecule has 60 valence electrons. The third-order valence-electron chi connectivity index (χ3n) is 1.38. The average molecular weight is 193 g/mol. The molecule has 0 aliphatic heterocycles. The Balaban J connectivity index is 0.00000121. The fourth-order valence-electron chi connectivity index (χ4n) is 0.844. The van der Waals surface area contributed by atoms with Crippen molar-refractivity contribution in [2.24, 2.45) is 0 Å².